The van der Waals surface area contributed by atoms with Crippen molar-refractivity contribution >= 4 is 40.3 Å². The zero-order chi connectivity index (χ0) is 29.6. The molecule has 1 amide bonds. The van der Waals surface area contributed by atoms with Crippen molar-refractivity contribution in [3.05, 3.63) is 75.9 Å². The van der Waals surface area contributed by atoms with E-state index in [2.05, 4.69) is 31.1 Å². The van der Waals surface area contributed by atoms with Crippen molar-refractivity contribution in [2.45, 2.75) is 59.0 Å². The van der Waals surface area contributed by atoms with Crippen LogP contribution in [-0.4, -0.2) is 55.5 Å². The topological polar surface area (TPSA) is 100 Å². The second kappa shape index (κ2) is 10.8. The van der Waals surface area contributed by atoms with Gasteiger partial charge >= 0.3 is 5.97 Å². The van der Waals surface area contributed by atoms with Gasteiger partial charge in [0.15, 0.2) is 0 Å². The molecule has 0 spiro atoms. The molecule has 5 rings (SSSR count). The minimum atomic E-state index is -0.984. The molecule has 1 aliphatic rings. The Bertz CT molecular complexity index is 1650. The summed E-state index contributed by atoms with van der Waals surface area (Å²) in [5, 5.41) is 13.7. The SMILES string of the molecule is Cc1cc(NC2CCN(C(=O)c3ccc4c(-c5ccc(Cl)c(F)c5)cn(C(C)(C)C)c4n3)CC2)nc(C)c1C(=O)O. The fraction of sp³-hybridized carbons (Fsp3) is 0.355. The summed E-state index contributed by atoms with van der Waals surface area (Å²) < 4.78 is 16.3. The number of aryl methyl sites for hydroxylation is 2. The molecule has 3 aromatic heterocycles. The maximum atomic E-state index is 14.3. The number of piperidine rings is 1. The van der Waals surface area contributed by atoms with Crippen LogP contribution in [0.15, 0.2) is 42.6 Å². The first-order valence-corrected chi connectivity index (χ1v) is 14.0. The molecule has 41 heavy (non-hydrogen) atoms. The number of rotatable bonds is 5. The summed E-state index contributed by atoms with van der Waals surface area (Å²) in [5.41, 5.74) is 3.56. The van der Waals surface area contributed by atoms with E-state index in [1.807, 2.05) is 21.7 Å². The van der Waals surface area contributed by atoms with E-state index in [1.54, 1.807) is 38.1 Å². The van der Waals surface area contributed by atoms with Crippen LogP contribution >= 0.6 is 11.6 Å². The Morgan fingerprint density at radius 1 is 1.07 bits per heavy atom. The molecule has 0 aliphatic carbocycles. The van der Waals surface area contributed by atoms with Crippen LogP contribution < -0.4 is 5.32 Å². The molecule has 1 aromatic carbocycles. The summed E-state index contributed by atoms with van der Waals surface area (Å²) in [6.07, 6.45) is 3.39. The van der Waals surface area contributed by atoms with Gasteiger partial charge in [0.1, 0.15) is 23.0 Å². The number of aromatic nitrogens is 3. The Labute approximate surface area is 243 Å². The fourth-order valence-corrected chi connectivity index (χ4v) is 5.57. The summed E-state index contributed by atoms with van der Waals surface area (Å²) in [5.74, 6) is -0.970. The highest BCUT2D eigenvalue weighted by Gasteiger charge is 2.27. The van der Waals surface area contributed by atoms with Gasteiger partial charge in [0.25, 0.3) is 5.91 Å². The lowest BCUT2D eigenvalue weighted by atomic mass is 10.0. The van der Waals surface area contributed by atoms with E-state index in [9.17, 15) is 19.1 Å². The van der Waals surface area contributed by atoms with Crippen molar-refractivity contribution in [2.24, 2.45) is 0 Å². The lowest BCUT2D eigenvalue weighted by Gasteiger charge is -2.32. The summed E-state index contributed by atoms with van der Waals surface area (Å²) >= 11 is 5.91. The number of nitrogens with zero attached hydrogens (tertiary/aromatic N) is 4. The number of halogens is 2. The van der Waals surface area contributed by atoms with Crippen LogP contribution in [0, 0.1) is 19.7 Å². The van der Waals surface area contributed by atoms with E-state index >= 15 is 0 Å². The summed E-state index contributed by atoms with van der Waals surface area (Å²) in [4.78, 5) is 36.0. The Kier molecular flexibility index (Phi) is 7.50. The number of likely N-dealkylation sites (tertiary alicyclic amines) is 1. The van der Waals surface area contributed by atoms with E-state index in [0.29, 0.717) is 47.1 Å². The number of hydrogen-bond donors (Lipinski definition) is 2. The number of pyridine rings is 2. The number of amides is 1. The number of nitrogens with one attached hydrogen (secondary N) is 1. The predicted molar refractivity (Wildman–Crippen MR) is 158 cm³/mol. The number of anilines is 1. The van der Waals surface area contributed by atoms with Gasteiger partial charge in [0.2, 0.25) is 0 Å². The molecule has 1 fully saturated rings. The normalized spacial score (nSPS) is 14.5. The van der Waals surface area contributed by atoms with Gasteiger partial charge in [-0.3, -0.25) is 4.79 Å². The van der Waals surface area contributed by atoms with Crippen molar-refractivity contribution < 1.29 is 19.1 Å². The van der Waals surface area contributed by atoms with Gasteiger partial charge in [-0.05, 0) is 88.9 Å². The molecular formula is C31H33ClFN5O3. The molecule has 10 heteroatoms. The second-order valence-electron chi connectivity index (χ2n) is 11.6. The first kappa shape index (κ1) is 28.5. The second-order valence-corrected chi connectivity index (χ2v) is 12.0. The Balaban J connectivity index is 1.35. The van der Waals surface area contributed by atoms with Gasteiger partial charge in [-0.2, -0.15) is 0 Å². The number of aromatic carboxylic acids is 1. The minimum Gasteiger partial charge on any atom is -0.478 e. The third-order valence-corrected chi connectivity index (χ3v) is 7.88. The van der Waals surface area contributed by atoms with Crippen LogP contribution in [0.4, 0.5) is 10.2 Å². The molecule has 0 unspecified atom stereocenters. The highest BCUT2D eigenvalue weighted by Crippen LogP contribution is 2.35. The van der Waals surface area contributed by atoms with Crippen molar-refractivity contribution in [3.8, 4) is 11.1 Å². The highest BCUT2D eigenvalue weighted by atomic mass is 35.5. The Morgan fingerprint density at radius 3 is 2.39 bits per heavy atom. The van der Waals surface area contributed by atoms with Gasteiger partial charge in [0.05, 0.1) is 16.3 Å². The summed E-state index contributed by atoms with van der Waals surface area (Å²) in [6, 6.07) is 10.2. The molecule has 2 N–H and O–H groups in total. The molecule has 1 aliphatic heterocycles. The van der Waals surface area contributed by atoms with Crippen LogP contribution in [0.3, 0.4) is 0 Å². The predicted octanol–water partition coefficient (Wildman–Crippen LogP) is 6.68. The first-order chi connectivity index (χ1) is 19.3. The number of carbonyl (C=O) groups excluding carboxylic acids is 1. The maximum absolute atomic E-state index is 14.3. The molecule has 4 heterocycles. The molecule has 0 bridgehead atoms. The molecule has 8 nitrogen and oxygen atoms in total. The largest absolute Gasteiger partial charge is 0.478 e. The van der Waals surface area contributed by atoms with Crippen LogP contribution in [-0.2, 0) is 5.54 Å². The minimum absolute atomic E-state index is 0.0656. The van der Waals surface area contributed by atoms with Gasteiger partial charge in [-0.15, -0.1) is 0 Å². The van der Waals surface area contributed by atoms with Crippen LogP contribution in [0.5, 0.6) is 0 Å². The summed E-state index contributed by atoms with van der Waals surface area (Å²) in [7, 11) is 0. The Morgan fingerprint density at radius 2 is 1.78 bits per heavy atom. The van der Waals surface area contributed by atoms with Gasteiger partial charge in [-0.25, -0.2) is 19.2 Å². The van der Waals surface area contributed by atoms with E-state index in [1.165, 1.54) is 6.07 Å². The van der Waals surface area contributed by atoms with Crippen molar-refractivity contribution in [2.75, 3.05) is 18.4 Å². The molecule has 0 radical (unpaired) electrons. The molecule has 4 aromatic rings. The van der Waals surface area contributed by atoms with E-state index < -0.39 is 11.8 Å². The lowest BCUT2D eigenvalue weighted by Crippen LogP contribution is -2.42. The van der Waals surface area contributed by atoms with Gasteiger partial charge < -0.3 is 19.9 Å². The van der Waals surface area contributed by atoms with Crippen LogP contribution in [0.25, 0.3) is 22.2 Å². The highest BCUT2D eigenvalue weighted by molar-refractivity contribution is 6.30. The fourth-order valence-electron chi connectivity index (χ4n) is 5.45. The Hall–Kier alpha value is -3.98. The number of carboxylic acids is 1. The molecule has 214 valence electrons. The number of fused-ring (bicyclic) bond motifs is 1. The van der Waals surface area contributed by atoms with E-state index in [4.69, 9.17) is 16.6 Å². The van der Waals surface area contributed by atoms with Crippen molar-refractivity contribution in [1.29, 1.82) is 0 Å². The number of benzene rings is 1. The molecule has 1 saturated heterocycles. The molecule has 0 atom stereocenters. The number of carbonyl (C=O) groups is 2. The van der Waals surface area contributed by atoms with Crippen LogP contribution in [0.2, 0.25) is 5.02 Å². The lowest BCUT2D eigenvalue weighted by molar-refractivity contribution is 0.0691. The summed E-state index contributed by atoms with van der Waals surface area (Å²) in [6.45, 7) is 10.7. The van der Waals surface area contributed by atoms with Gasteiger partial charge in [-0.1, -0.05) is 17.7 Å². The van der Waals surface area contributed by atoms with Gasteiger partial charge in [0, 0.05) is 41.8 Å². The van der Waals surface area contributed by atoms with E-state index in [-0.39, 0.29) is 28.1 Å². The third-order valence-electron chi connectivity index (χ3n) is 7.57. The van der Waals surface area contributed by atoms with Crippen LogP contribution in [0.1, 0.15) is 65.7 Å². The smallest absolute Gasteiger partial charge is 0.337 e. The monoisotopic (exact) mass is 577 g/mol. The number of hydrogen-bond acceptors (Lipinski definition) is 5. The third kappa shape index (κ3) is 5.63. The molecular weight excluding hydrogens is 545 g/mol. The quantitative estimate of drug-likeness (QED) is 0.274. The van der Waals surface area contributed by atoms with Crippen molar-refractivity contribution in [3.63, 3.8) is 0 Å². The molecule has 0 saturated carbocycles. The average Bonchev–Trinajstić information content (AvgIpc) is 3.29. The van der Waals surface area contributed by atoms with Crippen molar-refractivity contribution in [1.82, 2.24) is 19.4 Å². The van der Waals surface area contributed by atoms with E-state index in [0.717, 1.165) is 23.8 Å². The number of carboxylic acid groups (broad SMARTS) is 1. The standard InChI is InChI=1S/C31H33ClFN5O3/c1-17-14-26(34-18(2)27(17)30(40)41)35-20-10-12-37(13-11-20)29(39)25-9-7-21-22(19-6-8-23(32)24(33)15-19)16-38(28(21)36-25)31(3,4)5/h6-9,14-16,20H,10-13H2,1-5H3,(H,34,35)(H,40,41). The zero-order valence-electron chi connectivity index (χ0n) is 23.8. The maximum Gasteiger partial charge on any atom is 0.337 e. The average molecular weight is 578 g/mol. The first-order valence-electron chi connectivity index (χ1n) is 13.6. The zero-order valence-corrected chi connectivity index (χ0v) is 24.5.